The summed E-state index contributed by atoms with van der Waals surface area (Å²) < 4.78 is 0. The number of benzene rings is 1. The Morgan fingerprint density at radius 2 is 1.91 bits per heavy atom. The SMILES string of the molecule is Cc1ccccc1C1(CNC(=O)CCNC(=O)C2CC2C)CC1. The van der Waals surface area contributed by atoms with Crippen molar-refractivity contribution in [1.82, 2.24) is 10.6 Å². The smallest absolute Gasteiger partial charge is 0.223 e. The van der Waals surface area contributed by atoms with Crippen LogP contribution < -0.4 is 10.6 Å². The largest absolute Gasteiger partial charge is 0.355 e. The van der Waals surface area contributed by atoms with Crippen LogP contribution in [0.4, 0.5) is 0 Å². The van der Waals surface area contributed by atoms with E-state index in [9.17, 15) is 9.59 Å². The number of rotatable bonds is 7. The zero-order valence-corrected chi connectivity index (χ0v) is 14.0. The first-order valence-electron chi connectivity index (χ1n) is 8.62. The first-order chi connectivity index (χ1) is 11.0. The molecule has 2 saturated carbocycles. The normalized spacial score (nSPS) is 23.9. The van der Waals surface area contributed by atoms with Crippen molar-refractivity contribution in [2.75, 3.05) is 13.1 Å². The van der Waals surface area contributed by atoms with Crippen LogP contribution in [0.15, 0.2) is 24.3 Å². The molecule has 23 heavy (non-hydrogen) atoms. The van der Waals surface area contributed by atoms with E-state index in [0.717, 1.165) is 19.3 Å². The number of nitrogens with one attached hydrogen (secondary N) is 2. The van der Waals surface area contributed by atoms with E-state index in [-0.39, 0.29) is 23.1 Å². The molecule has 4 heteroatoms. The molecular weight excluding hydrogens is 288 g/mol. The summed E-state index contributed by atoms with van der Waals surface area (Å²) in [6, 6.07) is 8.42. The Kier molecular flexibility index (Phi) is 4.42. The van der Waals surface area contributed by atoms with Gasteiger partial charge >= 0.3 is 0 Å². The number of hydrogen-bond donors (Lipinski definition) is 2. The van der Waals surface area contributed by atoms with Crippen molar-refractivity contribution in [1.29, 1.82) is 0 Å². The van der Waals surface area contributed by atoms with Gasteiger partial charge in [0.05, 0.1) is 0 Å². The maximum absolute atomic E-state index is 12.0. The summed E-state index contributed by atoms with van der Waals surface area (Å²) in [6.07, 6.45) is 3.61. The van der Waals surface area contributed by atoms with Crippen LogP contribution >= 0.6 is 0 Å². The van der Waals surface area contributed by atoms with Crippen LogP contribution in [-0.4, -0.2) is 24.9 Å². The number of carbonyl (C=O) groups excluding carboxylic acids is 2. The minimum atomic E-state index is 0.0222. The molecule has 0 heterocycles. The summed E-state index contributed by atoms with van der Waals surface area (Å²) in [7, 11) is 0. The molecule has 124 valence electrons. The fraction of sp³-hybridized carbons (Fsp3) is 0.579. The molecule has 0 radical (unpaired) electrons. The second kappa shape index (κ2) is 6.34. The maximum Gasteiger partial charge on any atom is 0.223 e. The van der Waals surface area contributed by atoms with Gasteiger partial charge in [-0.05, 0) is 43.2 Å². The summed E-state index contributed by atoms with van der Waals surface area (Å²) in [5.74, 6) is 0.805. The lowest BCUT2D eigenvalue weighted by atomic mass is 9.92. The van der Waals surface area contributed by atoms with Crippen molar-refractivity contribution in [3.8, 4) is 0 Å². The lowest BCUT2D eigenvalue weighted by molar-refractivity contribution is -0.123. The number of carbonyl (C=O) groups is 2. The molecule has 0 aliphatic heterocycles. The third-order valence-electron chi connectivity index (χ3n) is 5.29. The van der Waals surface area contributed by atoms with Crippen LogP contribution in [0.3, 0.4) is 0 Å². The van der Waals surface area contributed by atoms with Gasteiger partial charge in [0.25, 0.3) is 0 Å². The molecule has 0 saturated heterocycles. The van der Waals surface area contributed by atoms with Crippen LogP contribution in [0.1, 0.15) is 43.7 Å². The highest BCUT2D eigenvalue weighted by atomic mass is 16.2. The van der Waals surface area contributed by atoms with E-state index in [0.29, 0.717) is 25.4 Å². The summed E-state index contributed by atoms with van der Waals surface area (Å²) in [4.78, 5) is 23.7. The number of hydrogen-bond acceptors (Lipinski definition) is 2. The van der Waals surface area contributed by atoms with Gasteiger partial charge < -0.3 is 10.6 Å². The highest BCUT2D eigenvalue weighted by Gasteiger charge is 2.45. The van der Waals surface area contributed by atoms with Crippen molar-refractivity contribution < 1.29 is 9.59 Å². The maximum atomic E-state index is 12.0. The average Bonchev–Trinajstić information content (AvgIpc) is 3.43. The minimum Gasteiger partial charge on any atom is -0.355 e. The van der Waals surface area contributed by atoms with Crippen LogP contribution in [0.25, 0.3) is 0 Å². The van der Waals surface area contributed by atoms with Crippen LogP contribution in [0.5, 0.6) is 0 Å². The Hall–Kier alpha value is -1.84. The molecule has 2 fully saturated rings. The molecule has 2 aliphatic rings. The topological polar surface area (TPSA) is 58.2 Å². The highest BCUT2D eigenvalue weighted by molar-refractivity contribution is 5.82. The zero-order valence-electron chi connectivity index (χ0n) is 14.0. The summed E-state index contributed by atoms with van der Waals surface area (Å²) >= 11 is 0. The van der Waals surface area contributed by atoms with E-state index in [4.69, 9.17) is 0 Å². The quantitative estimate of drug-likeness (QED) is 0.811. The van der Waals surface area contributed by atoms with Gasteiger partial charge in [-0.25, -0.2) is 0 Å². The Balaban J connectivity index is 1.41. The Morgan fingerprint density at radius 1 is 1.22 bits per heavy atom. The van der Waals surface area contributed by atoms with E-state index < -0.39 is 0 Å². The minimum absolute atomic E-state index is 0.0222. The zero-order chi connectivity index (χ0) is 16.4. The monoisotopic (exact) mass is 314 g/mol. The highest BCUT2D eigenvalue weighted by Crippen LogP contribution is 2.48. The number of amides is 2. The Morgan fingerprint density at radius 3 is 2.52 bits per heavy atom. The van der Waals surface area contributed by atoms with E-state index in [1.54, 1.807) is 0 Å². The first kappa shape index (κ1) is 16.0. The summed E-state index contributed by atoms with van der Waals surface area (Å²) in [5, 5.41) is 5.91. The van der Waals surface area contributed by atoms with Gasteiger partial charge in [-0.3, -0.25) is 9.59 Å². The molecule has 2 aliphatic carbocycles. The molecule has 2 amide bonds. The fourth-order valence-corrected chi connectivity index (χ4v) is 3.33. The predicted octanol–water partition coefficient (Wildman–Crippen LogP) is 2.31. The Labute approximate surface area is 138 Å². The number of aryl methyl sites for hydroxylation is 1. The molecule has 2 N–H and O–H groups in total. The van der Waals surface area contributed by atoms with Gasteiger partial charge in [-0.2, -0.15) is 0 Å². The standard InChI is InChI=1S/C19H26N2O2/c1-13-5-3-4-6-16(13)19(8-9-19)12-21-17(22)7-10-20-18(23)15-11-14(15)2/h3-6,14-15H,7-12H2,1-2H3,(H,20,23)(H,21,22). The second-order valence-electron chi connectivity index (χ2n) is 7.23. The van der Waals surface area contributed by atoms with Crippen molar-refractivity contribution in [3.63, 3.8) is 0 Å². The molecular formula is C19H26N2O2. The Bertz CT molecular complexity index is 607. The second-order valence-corrected chi connectivity index (χ2v) is 7.23. The van der Waals surface area contributed by atoms with Crippen LogP contribution in [0, 0.1) is 18.8 Å². The van der Waals surface area contributed by atoms with Gasteiger partial charge in [-0.1, -0.05) is 31.2 Å². The van der Waals surface area contributed by atoms with Crippen molar-refractivity contribution in [3.05, 3.63) is 35.4 Å². The van der Waals surface area contributed by atoms with Crippen LogP contribution in [-0.2, 0) is 15.0 Å². The van der Waals surface area contributed by atoms with Crippen molar-refractivity contribution in [2.45, 2.75) is 44.9 Å². The van der Waals surface area contributed by atoms with Crippen LogP contribution in [0.2, 0.25) is 0 Å². The molecule has 1 aromatic rings. The van der Waals surface area contributed by atoms with Gasteiger partial charge in [-0.15, -0.1) is 0 Å². The van der Waals surface area contributed by atoms with E-state index in [1.807, 2.05) is 0 Å². The van der Waals surface area contributed by atoms with Crippen molar-refractivity contribution in [2.24, 2.45) is 11.8 Å². The summed E-state index contributed by atoms with van der Waals surface area (Å²) in [6.45, 7) is 5.35. The molecule has 0 aromatic heterocycles. The molecule has 4 nitrogen and oxygen atoms in total. The predicted molar refractivity (Wildman–Crippen MR) is 90.0 cm³/mol. The lowest BCUT2D eigenvalue weighted by Crippen LogP contribution is -2.35. The van der Waals surface area contributed by atoms with Gasteiger partial charge in [0.1, 0.15) is 0 Å². The van der Waals surface area contributed by atoms with Crippen molar-refractivity contribution >= 4 is 11.8 Å². The fourth-order valence-electron chi connectivity index (χ4n) is 3.33. The summed E-state index contributed by atoms with van der Waals surface area (Å²) in [5.41, 5.74) is 2.79. The molecule has 2 atom stereocenters. The van der Waals surface area contributed by atoms with E-state index in [2.05, 4.69) is 48.7 Å². The molecule has 3 rings (SSSR count). The first-order valence-corrected chi connectivity index (χ1v) is 8.62. The van der Waals surface area contributed by atoms with Gasteiger partial charge in [0.15, 0.2) is 0 Å². The van der Waals surface area contributed by atoms with E-state index >= 15 is 0 Å². The third-order valence-corrected chi connectivity index (χ3v) is 5.29. The molecule has 2 unspecified atom stereocenters. The average molecular weight is 314 g/mol. The molecule has 1 aromatic carbocycles. The van der Waals surface area contributed by atoms with Gasteiger partial charge in [0.2, 0.25) is 11.8 Å². The van der Waals surface area contributed by atoms with Gasteiger partial charge in [0, 0.05) is 30.8 Å². The molecule has 0 spiro atoms. The van der Waals surface area contributed by atoms with E-state index in [1.165, 1.54) is 11.1 Å². The molecule has 0 bridgehead atoms. The third kappa shape index (κ3) is 3.74. The lowest BCUT2D eigenvalue weighted by Gasteiger charge is -2.19.